The quantitative estimate of drug-likeness (QED) is 0.638. The zero-order chi connectivity index (χ0) is 19.3. The molecular formula is C20H25Cl2N5O3. The molecule has 4 N–H and O–H groups in total. The number of ether oxygens (including phenoxy) is 1. The van der Waals surface area contributed by atoms with Gasteiger partial charge in [0, 0.05) is 24.3 Å². The lowest BCUT2D eigenvalue weighted by Crippen LogP contribution is -2.43. The van der Waals surface area contributed by atoms with E-state index in [4.69, 9.17) is 10.5 Å². The molecule has 10 heteroatoms. The van der Waals surface area contributed by atoms with Crippen molar-refractivity contribution in [2.45, 2.75) is 24.5 Å². The molecular weight excluding hydrogens is 429 g/mol. The van der Waals surface area contributed by atoms with Crippen LogP contribution in [0, 0.1) is 11.8 Å². The van der Waals surface area contributed by atoms with Gasteiger partial charge in [0.1, 0.15) is 0 Å². The molecule has 4 heterocycles. The first-order valence-electron chi connectivity index (χ1n) is 9.68. The minimum Gasteiger partial charge on any atom is -0.368 e. The predicted molar refractivity (Wildman–Crippen MR) is 117 cm³/mol. The van der Waals surface area contributed by atoms with Crippen LogP contribution < -0.4 is 11.1 Å². The summed E-state index contributed by atoms with van der Waals surface area (Å²) < 4.78 is 6.21. The number of halogens is 2. The molecule has 5 rings (SSSR count). The maximum absolute atomic E-state index is 13.1. The molecule has 2 bridgehead atoms. The summed E-state index contributed by atoms with van der Waals surface area (Å²) in [6.45, 7) is 1.46. The summed E-state index contributed by atoms with van der Waals surface area (Å²) in [5.41, 5.74) is 7.63. The number of nitrogens with two attached hydrogens (primary N) is 1. The van der Waals surface area contributed by atoms with Crippen LogP contribution in [0.1, 0.15) is 12.8 Å². The molecule has 3 aliphatic heterocycles. The van der Waals surface area contributed by atoms with E-state index in [1.165, 1.54) is 0 Å². The molecule has 2 amide bonds. The highest BCUT2D eigenvalue weighted by Crippen LogP contribution is 2.55. The van der Waals surface area contributed by atoms with Crippen molar-refractivity contribution < 1.29 is 14.3 Å². The normalized spacial score (nSPS) is 28.6. The maximum atomic E-state index is 13.1. The summed E-state index contributed by atoms with van der Waals surface area (Å²) in [7, 11) is 0. The molecule has 2 aromatic rings. The summed E-state index contributed by atoms with van der Waals surface area (Å²) in [4.78, 5) is 34.9. The van der Waals surface area contributed by atoms with E-state index < -0.39 is 17.4 Å². The Bertz CT molecular complexity index is 925. The number of carbonyl (C=O) groups is 2. The third-order valence-corrected chi connectivity index (χ3v) is 6.24. The molecule has 3 fully saturated rings. The highest BCUT2D eigenvalue weighted by Gasteiger charge is 2.68. The van der Waals surface area contributed by atoms with Gasteiger partial charge in [-0.15, -0.1) is 24.8 Å². The van der Waals surface area contributed by atoms with E-state index in [-0.39, 0.29) is 42.7 Å². The Morgan fingerprint density at radius 1 is 1.40 bits per heavy atom. The van der Waals surface area contributed by atoms with Gasteiger partial charge in [-0.05, 0) is 25.0 Å². The van der Waals surface area contributed by atoms with Crippen molar-refractivity contribution in [3.8, 4) is 11.3 Å². The van der Waals surface area contributed by atoms with Crippen LogP contribution in [0.4, 0.5) is 5.69 Å². The van der Waals surface area contributed by atoms with Crippen LogP contribution in [0.15, 0.2) is 36.8 Å². The van der Waals surface area contributed by atoms with Crippen molar-refractivity contribution in [1.82, 2.24) is 14.9 Å². The Morgan fingerprint density at radius 3 is 2.97 bits per heavy atom. The van der Waals surface area contributed by atoms with Crippen molar-refractivity contribution in [2.75, 3.05) is 25.0 Å². The molecule has 8 nitrogen and oxygen atoms in total. The fourth-order valence-corrected chi connectivity index (χ4v) is 5.09. The highest BCUT2D eigenvalue weighted by molar-refractivity contribution is 5.98. The standard InChI is InChI=1S/C20H23N5O3.2ClH/c21-6-7-25-10-20-5-4-15(28-20)16(17(20)19(25)27)18(26)24-13-3-1-2-12(8-13)14-9-22-11-23-14;;/h1-3,8-9,11,15-17H,4-7,10,21H2,(H,22,23)(H,24,26);2*1H/t15-,16-,17+,20-;;/m0../s1. The third kappa shape index (κ3) is 3.47. The minimum absolute atomic E-state index is 0. The van der Waals surface area contributed by atoms with Crippen LogP contribution in [0.25, 0.3) is 11.3 Å². The van der Waals surface area contributed by atoms with Gasteiger partial charge in [0.25, 0.3) is 0 Å². The lowest BCUT2D eigenvalue weighted by Gasteiger charge is -2.27. The Morgan fingerprint density at radius 2 is 2.23 bits per heavy atom. The highest BCUT2D eigenvalue weighted by atomic mass is 35.5. The Hall–Kier alpha value is -2.13. The fraction of sp³-hybridized carbons (Fsp3) is 0.450. The van der Waals surface area contributed by atoms with E-state index in [1.807, 2.05) is 24.3 Å². The summed E-state index contributed by atoms with van der Waals surface area (Å²) in [6, 6.07) is 7.57. The Labute approximate surface area is 186 Å². The minimum atomic E-state index is -0.517. The van der Waals surface area contributed by atoms with E-state index >= 15 is 0 Å². The van der Waals surface area contributed by atoms with E-state index in [2.05, 4.69) is 15.3 Å². The summed E-state index contributed by atoms with van der Waals surface area (Å²) in [5, 5.41) is 3.00. The number of nitrogens with one attached hydrogen (secondary N) is 2. The van der Waals surface area contributed by atoms with Crippen LogP contribution in [0.3, 0.4) is 0 Å². The van der Waals surface area contributed by atoms with Crippen molar-refractivity contribution in [3.05, 3.63) is 36.8 Å². The topological polar surface area (TPSA) is 113 Å². The first kappa shape index (κ1) is 22.6. The second-order valence-corrected chi connectivity index (χ2v) is 7.85. The largest absolute Gasteiger partial charge is 0.368 e. The molecule has 1 spiro atoms. The van der Waals surface area contributed by atoms with Crippen LogP contribution in [-0.4, -0.2) is 58.0 Å². The van der Waals surface area contributed by atoms with Crippen molar-refractivity contribution in [2.24, 2.45) is 17.6 Å². The number of fused-ring (bicyclic) bond motifs is 1. The number of likely N-dealkylation sites (tertiary alicyclic amines) is 1. The summed E-state index contributed by atoms with van der Waals surface area (Å²) in [5.74, 6) is -1.02. The van der Waals surface area contributed by atoms with E-state index in [0.29, 0.717) is 25.3 Å². The van der Waals surface area contributed by atoms with Gasteiger partial charge < -0.3 is 25.7 Å². The number of aromatic nitrogens is 2. The van der Waals surface area contributed by atoms with Crippen LogP contribution in [0.5, 0.6) is 0 Å². The number of hydrogen-bond acceptors (Lipinski definition) is 5. The van der Waals surface area contributed by atoms with Gasteiger partial charge in [-0.2, -0.15) is 0 Å². The van der Waals surface area contributed by atoms with Gasteiger partial charge >= 0.3 is 0 Å². The zero-order valence-electron chi connectivity index (χ0n) is 16.2. The number of aromatic amines is 1. The first-order valence-corrected chi connectivity index (χ1v) is 9.68. The molecule has 0 aliphatic carbocycles. The zero-order valence-corrected chi connectivity index (χ0v) is 17.9. The average molecular weight is 454 g/mol. The molecule has 0 radical (unpaired) electrons. The van der Waals surface area contributed by atoms with Crippen molar-refractivity contribution >= 4 is 42.3 Å². The van der Waals surface area contributed by atoms with E-state index in [1.54, 1.807) is 17.4 Å². The molecule has 1 aromatic heterocycles. The number of rotatable bonds is 5. The monoisotopic (exact) mass is 453 g/mol. The molecule has 30 heavy (non-hydrogen) atoms. The maximum Gasteiger partial charge on any atom is 0.231 e. The predicted octanol–water partition coefficient (Wildman–Crippen LogP) is 1.82. The molecule has 3 aliphatic rings. The van der Waals surface area contributed by atoms with Crippen LogP contribution in [-0.2, 0) is 14.3 Å². The second-order valence-electron chi connectivity index (χ2n) is 7.85. The second kappa shape index (κ2) is 8.55. The molecule has 4 atom stereocenters. The first-order chi connectivity index (χ1) is 13.6. The number of amides is 2. The number of H-pyrrole nitrogens is 1. The van der Waals surface area contributed by atoms with Gasteiger partial charge in [-0.3, -0.25) is 9.59 Å². The van der Waals surface area contributed by atoms with Gasteiger partial charge in [-0.25, -0.2) is 4.98 Å². The third-order valence-electron chi connectivity index (χ3n) is 6.24. The number of anilines is 1. The van der Waals surface area contributed by atoms with Crippen LogP contribution in [0.2, 0.25) is 0 Å². The summed E-state index contributed by atoms with van der Waals surface area (Å²) >= 11 is 0. The van der Waals surface area contributed by atoms with E-state index in [0.717, 1.165) is 24.1 Å². The fourth-order valence-electron chi connectivity index (χ4n) is 5.09. The Kier molecular flexibility index (Phi) is 6.43. The van der Waals surface area contributed by atoms with Gasteiger partial charge in [0.05, 0.1) is 48.3 Å². The smallest absolute Gasteiger partial charge is 0.231 e. The van der Waals surface area contributed by atoms with Gasteiger partial charge in [0.2, 0.25) is 11.8 Å². The number of carbonyl (C=O) groups excluding carboxylic acids is 2. The molecule has 0 saturated carbocycles. The Balaban J connectivity index is 0.00000128. The lowest BCUT2D eigenvalue weighted by atomic mass is 9.73. The average Bonchev–Trinajstić information content (AvgIpc) is 3.45. The molecule has 3 saturated heterocycles. The van der Waals surface area contributed by atoms with Gasteiger partial charge in [-0.1, -0.05) is 12.1 Å². The SMILES string of the molecule is Cl.Cl.NCCN1C[C@]23CC[C@H](O2)[C@H](C(=O)Nc2cccc(-c4cnc[nH]4)c2)[C@@H]3C1=O. The lowest BCUT2D eigenvalue weighted by molar-refractivity contribution is -0.136. The number of imidazole rings is 1. The number of hydrogen-bond donors (Lipinski definition) is 3. The molecule has 0 unspecified atom stereocenters. The van der Waals surface area contributed by atoms with Crippen LogP contribution >= 0.6 is 24.8 Å². The van der Waals surface area contributed by atoms with Crippen molar-refractivity contribution in [1.29, 1.82) is 0 Å². The molecule has 1 aromatic carbocycles. The van der Waals surface area contributed by atoms with Gasteiger partial charge in [0.15, 0.2) is 0 Å². The number of nitrogens with zero attached hydrogens (tertiary/aromatic N) is 2. The molecule has 162 valence electrons. The van der Waals surface area contributed by atoms with E-state index in [9.17, 15) is 9.59 Å². The number of benzene rings is 1. The summed E-state index contributed by atoms with van der Waals surface area (Å²) in [6.07, 6.45) is 4.80. The van der Waals surface area contributed by atoms with Crippen molar-refractivity contribution in [3.63, 3.8) is 0 Å².